The number of hydrogen-bond acceptors (Lipinski definition) is 5. The summed E-state index contributed by atoms with van der Waals surface area (Å²) < 4.78 is 24.8. The first-order chi connectivity index (χ1) is 11.2. The van der Waals surface area contributed by atoms with Crippen molar-refractivity contribution in [2.75, 3.05) is 16.3 Å². The zero-order chi connectivity index (χ0) is 17.7. The van der Waals surface area contributed by atoms with Crippen LogP contribution in [0.4, 0.5) is 10.7 Å². The van der Waals surface area contributed by atoms with Crippen molar-refractivity contribution in [1.29, 1.82) is 0 Å². The third-order valence-corrected chi connectivity index (χ3v) is 4.42. The van der Waals surface area contributed by atoms with E-state index >= 15 is 0 Å². The Balaban J connectivity index is 1.97. The molecule has 0 atom stereocenters. The SMILES string of the molecule is CC(=O)Nc1ccc(C(=O)NCc2cccc(NS(C)(=O)=O)c2)s1. The zero-order valence-corrected chi connectivity index (χ0v) is 14.8. The molecule has 0 unspecified atom stereocenters. The van der Waals surface area contributed by atoms with Crippen molar-refractivity contribution >= 4 is 43.9 Å². The van der Waals surface area contributed by atoms with Gasteiger partial charge in [-0.15, -0.1) is 11.3 Å². The normalized spacial score (nSPS) is 10.9. The molecule has 0 aliphatic carbocycles. The summed E-state index contributed by atoms with van der Waals surface area (Å²) in [5.74, 6) is -0.461. The summed E-state index contributed by atoms with van der Waals surface area (Å²) in [7, 11) is -3.35. The summed E-state index contributed by atoms with van der Waals surface area (Å²) in [5.41, 5.74) is 1.20. The summed E-state index contributed by atoms with van der Waals surface area (Å²) >= 11 is 1.18. The highest BCUT2D eigenvalue weighted by molar-refractivity contribution is 7.92. The van der Waals surface area contributed by atoms with Crippen molar-refractivity contribution in [1.82, 2.24) is 5.32 Å². The number of rotatable bonds is 6. The molecule has 2 amide bonds. The molecule has 0 spiro atoms. The van der Waals surface area contributed by atoms with E-state index in [1.807, 2.05) is 0 Å². The average Bonchev–Trinajstić information content (AvgIpc) is 2.91. The summed E-state index contributed by atoms with van der Waals surface area (Å²) in [6, 6.07) is 10.1. The van der Waals surface area contributed by atoms with Gasteiger partial charge in [0.15, 0.2) is 0 Å². The zero-order valence-electron chi connectivity index (χ0n) is 13.1. The molecule has 3 N–H and O–H groups in total. The van der Waals surface area contributed by atoms with E-state index in [2.05, 4.69) is 15.4 Å². The predicted molar refractivity (Wildman–Crippen MR) is 94.7 cm³/mol. The van der Waals surface area contributed by atoms with Gasteiger partial charge in [0.25, 0.3) is 5.91 Å². The van der Waals surface area contributed by atoms with Gasteiger partial charge < -0.3 is 10.6 Å². The molecule has 128 valence electrons. The van der Waals surface area contributed by atoms with Gasteiger partial charge in [-0.3, -0.25) is 14.3 Å². The molecular formula is C15H17N3O4S2. The molecule has 0 bridgehead atoms. The predicted octanol–water partition coefficient (Wildman–Crippen LogP) is 2.01. The van der Waals surface area contributed by atoms with Crippen molar-refractivity contribution in [3.05, 3.63) is 46.8 Å². The summed E-state index contributed by atoms with van der Waals surface area (Å²) in [6.07, 6.45) is 1.07. The lowest BCUT2D eigenvalue weighted by atomic mass is 10.2. The Labute approximate surface area is 144 Å². The molecule has 1 heterocycles. The number of nitrogens with one attached hydrogen (secondary N) is 3. The van der Waals surface area contributed by atoms with Crippen LogP contribution in [0.2, 0.25) is 0 Å². The molecule has 0 aliphatic rings. The van der Waals surface area contributed by atoms with Gasteiger partial charge in [-0.25, -0.2) is 8.42 Å². The standard InChI is InChI=1S/C15H17N3O4S2/c1-10(19)17-14-7-6-13(23-14)15(20)16-9-11-4-3-5-12(8-11)18-24(2,21)22/h3-8,18H,9H2,1-2H3,(H,16,20)(H,17,19). The first kappa shape index (κ1) is 18.0. The molecule has 7 nitrogen and oxygen atoms in total. The Kier molecular flexibility index (Phi) is 5.58. The van der Waals surface area contributed by atoms with Crippen LogP contribution in [0.15, 0.2) is 36.4 Å². The van der Waals surface area contributed by atoms with Crippen LogP contribution in [0.1, 0.15) is 22.2 Å². The van der Waals surface area contributed by atoms with Crippen LogP contribution >= 0.6 is 11.3 Å². The molecule has 0 radical (unpaired) electrons. The molecule has 1 aromatic carbocycles. The maximum absolute atomic E-state index is 12.1. The van der Waals surface area contributed by atoms with Crippen LogP contribution < -0.4 is 15.4 Å². The van der Waals surface area contributed by atoms with Gasteiger partial charge in [0.05, 0.1) is 16.1 Å². The van der Waals surface area contributed by atoms with Crippen LogP contribution in [0.3, 0.4) is 0 Å². The quantitative estimate of drug-likeness (QED) is 0.726. The van der Waals surface area contributed by atoms with Crippen molar-refractivity contribution in [3.8, 4) is 0 Å². The van der Waals surface area contributed by atoms with E-state index in [1.165, 1.54) is 18.3 Å². The lowest BCUT2D eigenvalue weighted by Gasteiger charge is -2.07. The topological polar surface area (TPSA) is 104 Å². The van der Waals surface area contributed by atoms with E-state index in [0.717, 1.165) is 11.8 Å². The van der Waals surface area contributed by atoms with Gasteiger partial charge in [-0.1, -0.05) is 12.1 Å². The van der Waals surface area contributed by atoms with Gasteiger partial charge in [0, 0.05) is 19.2 Å². The fourth-order valence-electron chi connectivity index (χ4n) is 1.93. The Bertz CT molecular complexity index is 859. The third kappa shape index (κ3) is 5.67. The number of carbonyl (C=O) groups is 2. The van der Waals surface area contributed by atoms with Gasteiger partial charge in [0.2, 0.25) is 15.9 Å². The number of sulfonamides is 1. The summed E-state index contributed by atoms with van der Waals surface area (Å²) in [6.45, 7) is 1.66. The highest BCUT2D eigenvalue weighted by atomic mass is 32.2. The highest BCUT2D eigenvalue weighted by Crippen LogP contribution is 2.21. The maximum atomic E-state index is 12.1. The van der Waals surface area contributed by atoms with E-state index in [4.69, 9.17) is 0 Å². The second-order valence-corrected chi connectivity index (χ2v) is 7.93. The van der Waals surface area contributed by atoms with Crippen molar-refractivity contribution in [3.63, 3.8) is 0 Å². The number of carbonyl (C=O) groups excluding carboxylic acids is 2. The van der Waals surface area contributed by atoms with E-state index < -0.39 is 10.0 Å². The molecule has 0 fully saturated rings. The minimum atomic E-state index is -3.35. The van der Waals surface area contributed by atoms with Gasteiger partial charge in [0.1, 0.15) is 0 Å². The van der Waals surface area contributed by atoms with E-state index in [0.29, 0.717) is 15.6 Å². The number of amides is 2. The maximum Gasteiger partial charge on any atom is 0.261 e. The van der Waals surface area contributed by atoms with Crippen LogP contribution in [0.5, 0.6) is 0 Å². The lowest BCUT2D eigenvalue weighted by molar-refractivity contribution is -0.114. The molecule has 24 heavy (non-hydrogen) atoms. The Morgan fingerprint density at radius 3 is 2.58 bits per heavy atom. The van der Waals surface area contributed by atoms with Crippen molar-refractivity contribution < 1.29 is 18.0 Å². The minimum Gasteiger partial charge on any atom is -0.347 e. The largest absolute Gasteiger partial charge is 0.347 e. The minimum absolute atomic E-state index is 0.195. The molecular weight excluding hydrogens is 350 g/mol. The number of anilines is 2. The van der Waals surface area contributed by atoms with Gasteiger partial charge in [-0.2, -0.15) is 0 Å². The van der Waals surface area contributed by atoms with Crippen LogP contribution in [0.25, 0.3) is 0 Å². The second-order valence-electron chi connectivity index (χ2n) is 5.10. The van der Waals surface area contributed by atoms with Crippen LogP contribution in [-0.2, 0) is 21.4 Å². The second kappa shape index (κ2) is 7.45. The van der Waals surface area contributed by atoms with E-state index in [9.17, 15) is 18.0 Å². The monoisotopic (exact) mass is 367 g/mol. The molecule has 1 aromatic heterocycles. The first-order valence-electron chi connectivity index (χ1n) is 6.95. The average molecular weight is 367 g/mol. The lowest BCUT2D eigenvalue weighted by Crippen LogP contribution is -2.21. The Morgan fingerprint density at radius 2 is 1.92 bits per heavy atom. The van der Waals surface area contributed by atoms with Crippen LogP contribution in [-0.4, -0.2) is 26.5 Å². The number of hydrogen-bond donors (Lipinski definition) is 3. The highest BCUT2D eigenvalue weighted by Gasteiger charge is 2.10. The van der Waals surface area contributed by atoms with Gasteiger partial charge in [-0.05, 0) is 29.8 Å². The number of benzene rings is 1. The molecule has 2 rings (SSSR count). The van der Waals surface area contributed by atoms with E-state index in [-0.39, 0.29) is 18.4 Å². The summed E-state index contributed by atoms with van der Waals surface area (Å²) in [4.78, 5) is 23.6. The fourth-order valence-corrected chi connectivity index (χ4v) is 3.35. The van der Waals surface area contributed by atoms with Crippen molar-refractivity contribution in [2.24, 2.45) is 0 Å². The Morgan fingerprint density at radius 1 is 1.17 bits per heavy atom. The van der Waals surface area contributed by atoms with E-state index in [1.54, 1.807) is 36.4 Å². The molecule has 2 aromatic rings. The molecule has 9 heteroatoms. The number of thiophene rings is 1. The van der Waals surface area contributed by atoms with Gasteiger partial charge >= 0.3 is 0 Å². The molecule has 0 aliphatic heterocycles. The molecule has 0 saturated carbocycles. The smallest absolute Gasteiger partial charge is 0.261 e. The third-order valence-electron chi connectivity index (χ3n) is 2.81. The molecule has 0 saturated heterocycles. The van der Waals surface area contributed by atoms with Crippen molar-refractivity contribution in [2.45, 2.75) is 13.5 Å². The summed E-state index contributed by atoms with van der Waals surface area (Å²) in [5, 5.41) is 5.97. The first-order valence-corrected chi connectivity index (χ1v) is 9.66. The van der Waals surface area contributed by atoms with Crippen LogP contribution in [0, 0.1) is 0 Å². The fraction of sp³-hybridized carbons (Fsp3) is 0.200. The Hall–Kier alpha value is -2.39.